The van der Waals surface area contributed by atoms with Crippen LogP contribution in [0.4, 0.5) is 17.2 Å². The predicted octanol–water partition coefficient (Wildman–Crippen LogP) is 6.27. The van der Waals surface area contributed by atoms with Crippen molar-refractivity contribution in [3.05, 3.63) is 173 Å². The van der Waals surface area contributed by atoms with Gasteiger partial charge in [0.15, 0.2) is 0 Å². The van der Waals surface area contributed by atoms with E-state index >= 15 is 0 Å². The number of hydrogen-bond acceptors (Lipinski definition) is 15. The molecular formula is C65H71N13O7S. The molecule has 0 aliphatic carbocycles. The number of piperidine rings is 3. The molecule has 7 amide bonds. The largest absolute Gasteiger partial charge is 0.371 e. The van der Waals surface area contributed by atoms with Gasteiger partial charge in [-0.15, -0.1) is 0 Å². The number of anilines is 3. The van der Waals surface area contributed by atoms with Gasteiger partial charge in [0, 0.05) is 110 Å². The molecule has 3 atom stereocenters. The summed E-state index contributed by atoms with van der Waals surface area (Å²) in [4.78, 5) is 113. The highest BCUT2D eigenvalue weighted by atomic mass is 32.2. The highest BCUT2D eigenvalue weighted by Gasteiger charge is 2.40. The van der Waals surface area contributed by atoms with Crippen LogP contribution < -0.4 is 42.1 Å². The number of pyridine rings is 1. The van der Waals surface area contributed by atoms with E-state index < -0.39 is 29.6 Å². The summed E-state index contributed by atoms with van der Waals surface area (Å²) in [5.41, 5.74) is 13.3. The summed E-state index contributed by atoms with van der Waals surface area (Å²) in [5.74, 6) is -1.37. The lowest BCUT2D eigenvalue weighted by molar-refractivity contribution is -0.137. The SMILES string of the molecule is C[C@H](N)C(=O)N[C@@H](Cc1ccccc1)C(=O)NC1(C)CCN(c2cnc(Sc3cccc(NC(=O)c4ccc(N5CCC(N6CC=C(c7ccc(C(=O)NCc8ccc9c(c8)CN(C8CCC(=O)NC8=O)C9=O)nc7)CC6)CC5)cc4)c3)cn2)CC1. The number of amides is 7. The van der Waals surface area contributed by atoms with E-state index in [2.05, 4.69) is 52.3 Å². The van der Waals surface area contributed by atoms with Crippen molar-refractivity contribution in [2.75, 3.05) is 54.4 Å². The Morgan fingerprint density at radius 2 is 1.56 bits per heavy atom. The zero-order chi connectivity index (χ0) is 59.9. The summed E-state index contributed by atoms with van der Waals surface area (Å²) in [7, 11) is 0. The standard InChI is InChI=1S/C65H71N13O7S/c1-41(66)59(80)72-54(34-42-7-4-3-5-8-42)62(83)74-65(2)25-31-77(32-26-65)56-38-69-58(39-68-56)86-51-10-6-9-48(35-51)71-60(81)45-12-15-49(16-13-45)76-29-23-50(24-30-76)75-27-21-44(22-28-75)46-14-18-53(67-37-46)61(82)70-36-43-11-17-52-47(33-43)40-78(64(52)85)55-19-20-57(79)73-63(55)84/h3-18,21,33,35,37-39,41,50,54-55H,19-20,22-32,34,36,40,66H2,1-2H3,(H,70,82)(H,71,81)(H,72,80)(H,74,83)(H,73,79,84)/t41-,54-,55?/m0/s1. The van der Waals surface area contributed by atoms with Crippen LogP contribution in [0.2, 0.25) is 0 Å². The number of aromatic nitrogens is 3. The van der Waals surface area contributed by atoms with E-state index in [0.717, 1.165) is 84.1 Å². The minimum absolute atomic E-state index is 0.194. The van der Waals surface area contributed by atoms with Gasteiger partial charge < -0.3 is 41.7 Å². The first-order valence-corrected chi connectivity index (χ1v) is 30.3. The first kappa shape index (κ1) is 59.0. The van der Waals surface area contributed by atoms with Gasteiger partial charge in [-0.1, -0.05) is 72.4 Å². The Hall–Kier alpha value is -8.79. The van der Waals surface area contributed by atoms with Crippen molar-refractivity contribution in [1.82, 2.24) is 46.0 Å². The number of benzene rings is 4. The average molecular weight is 1180 g/mol. The molecule has 6 aromatic rings. The van der Waals surface area contributed by atoms with Crippen LogP contribution in [0.25, 0.3) is 5.57 Å². The number of carbonyl (C=O) groups is 7. The molecule has 21 heteroatoms. The van der Waals surface area contributed by atoms with Crippen molar-refractivity contribution in [2.24, 2.45) is 5.73 Å². The maximum atomic E-state index is 13.6. The molecule has 0 bridgehead atoms. The van der Waals surface area contributed by atoms with E-state index in [1.54, 1.807) is 43.7 Å². The van der Waals surface area contributed by atoms with Crippen LogP contribution in [-0.4, -0.2) is 135 Å². The molecular weight excluding hydrogens is 1110 g/mol. The molecule has 86 heavy (non-hydrogen) atoms. The Morgan fingerprint density at radius 3 is 2.26 bits per heavy atom. The molecule has 2 aromatic heterocycles. The summed E-state index contributed by atoms with van der Waals surface area (Å²) in [6.07, 6.45) is 12.7. The first-order chi connectivity index (χ1) is 41.6. The number of nitrogens with zero attached hydrogens (tertiary/aromatic N) is 7. The van der Waals surface area contributed by atoms with Crippen LogP contribution in [0.1, 0.15) is 112 Å². The zero-order valence-corrected chi connectivity index (χ0v) is 49.1. The molecule has 0 radical (unpaired) electrons. The van der Waals surface area contributed by atoms with Crippen molar-refractivity contribution >= 4 is 75.9 Å². The maximum Gasteiger partial charge on any atom is 0.270 e. The molecule has 0 spiro atoms. The highest BCUT2D eigenvalue weighted by molar-refractivity contribution is 7.99. The molecule has 444 valence electrons. The third kappa shape index (κ3) is 14.1. The third-order valence-corrected chi connectivity index (χ3v) is 17.9. The summed E-state index contributed by atoms with van der Waals surface area (Å²) >= 11 is 1.46. The molecule has 3 saturated heterocycles. The third-order valence-electron chi connectivity index (χ3n) is 17.0. The minimum atomic E-state index is -0.757. The Bertz CT molecular complexity index is 3530. The van der Waals surface area contributed by atoms with Gasteiger partial charge in [0.1, 0.15) is 28.6 Å². The smallest absolute Gasteiger partial charge is 0.270 e. The first-order valence-electron chi connectivity index (χ1n) is 29.5. The van der Waals surface area contributed by atoms with Crippen molar-refractivity contribution in [2.45, 2.75) is 118 Å². The van der Waals surface area contributed by atoms with Gasteiger partial charge in [0.05, 0.1) is 18.4 Å². The lowest BCUT2D eigenvalue weighted by atomic mass is 9.89. The second-order valence-electron chi connectivity index (χ2n) is 23.1. The monoisotopic (exact) mass is 1180 g/mol. The van der Waals surface area contributed by atoms with Gasteiger partial charge in [0.25, 0.3) is 17.7 Å². The van der Waals surface area contributed by atoms with Crippen LogP contribution in [0.15, 0.2) is 144 Å². The molecule has 5 aliphatic rings. The van der Waals surface area contributed by atoms with Gasteiger partial charge in [-0.2, -0.15) is 0 Å². The number of carbonyl (C=O) groups excluding carboxylic acids is 7. The van der Waals surface area contributed by atoms with Crippen molar-refractivity contribution < 1.29 is 33.6 Å². The predicted molar refractivity (Wildman–Crippen MR) is 328 cm³/mol. The Labute approximate surface area is 504 Å². The fourth-order valence-electron chi connectivity index (χ4n) is 11.9. The molecule has 4 aromatic carbocycles. The molecule has 7 heterocycles. The highest BCUT2D eigenvalue weighted by Crippen LogP contribution is 2.33. The van der Waals surface area contributed by atoms with E-state index in [9.17, 15) is 33.6 Å². The molecule has 3 fully saturated rings. The number of nitrogens with two attached hydrogens (primary N) is 1. The fourth-order valence-corrected chi connectivity index (χ4v) is 12.7. The lowest BCUT2D eigenvalue weighted by Crippen LogP contribution is -2.59. The van der Waals surface area contributed by atoms with E-state index in [4.69, 9.17) is 15.7 Å². The van der Waals surface area contributed by atoms with E-state index in [1.165, 1.54) is 22.2 Å². The van der Waals surface area contributed by atoms with E-state index in [0.29, 0.717) is 72.3 Å². The number of nitrogens with one attached hydrogen (secondary N) is 5. The van der Waals surface area contributed by atoms with Crippen molar-refractivity contribution in [1.29, 1.82) is 0 Å². The van der Waals surface area contributed by atoms with Crippen LogP contribution in [0.3, 0.4) is 0 Å². The summed E-state index contributed by atoms with van der Waals surface area (Å²) in [5, 5.41) is 15.1. The molecule has 1 unspecified atom stereocenters. The Morgan fingerprint density at radius 1 is 0.767 bits per heavy atom. The number of fused-ring (bicyclic) bond motifs is 1. The maximum absolute atomic E-state index is 13.6. The molecule has 7 N–H and O–H groups in total. The molecule has 20 nitrogen and oxygen atoms in total. The normalized spacial score (nSPS) is 18.7. The summed E-state index contributed by atoms with van der Waals surface area (Å²) in [6, 6.07) is 32.5. The van der Waals surface area contributed by atoms with Crippen LogP contribution in [0.5, 0.6) is 0 Å². The van der Waals surface area contributed by atoms with Gasteiger partial charge in [0.2, 0.25) is 23.6 Å². The van der Waals surface area contributed by atoms with E-state index in [-0.39, 0.29) is 55.0 Å². The quantitative estimate of drug-likeness (QED) is 0.0518. The van der Waals surface area contributed by atoms with Gasteiger partial charge in [-0.05, 0) is 135 Å². The van der Waals surface area contributed by atoms with Crippen LogP contribution in [0, 0.1) is 0 Å². The lowest BCUT2D eigenvalue weighted by Gasteiger charge is -2.41. The number of hydrogen-bond donors (Lipinski definition) is 6. The van der Waals surface area contributed by atoms with Crippen molar-refractivity contribution in [3.63, 3.8) is 0 Å². The fraction of sp³-hybridized carbons (Fsp3) is 0.354. The summed E-state index contributed by atoms with van der Waals surface area (Å²) in [6.45, 7) is 9.09. The Balaban J connectivity index is 0.593. The van der Waals surface area contributed by atoms with Crippen molar-refractivity contribution in [3.8, 4) is 0 Å². The van der Waals surface area contributed by atoms with Gasteiger partial charge in [-0.3, -0.25) is 48.8 Å². The topological polar surface area (TPSA) is 257 Å². The number of imide groups is 1. The minimum Gasteiger partial charge on any atom is -0.371 e. The van der Waals surface area contributed by atoms with Gasteiger partial charge in [-0.25, -0.2) is 9.97 Å². The summed E-state index contributed by atoms with van der Waals surface area (Å²) < 4.78 is 0. The number of rotatable bonds is 18. The molecule has 5 aliphatic heterocycles. The van der Waals surface area contributed by atoms with Crippen LogP contribution in [-0.2, 0) is 38.7 Å². The zero-order valence-electron chi connectivity index (χ0n) is 48.3. The molecule has 0 saturated carbocycles. The second kappa shape index (κ2) is 26.2. The molecule has 11 rings (SSSR count). The second-order valence-corrected chi connectivity index (χ2v) is 24.2. The van der Waals surface area contributed by atoms with E-state index in [1.807, 2.05) is 97.9 Å². The Kier molecular flexibility index (Phi) is 18.0. The van der Waals surface area contributed by atoms with Gasteiger partial charge >= 0.3 is 0 Å². The average Bonchev–Trinajstić information content (AvgIpc) is 2.12. The van der Waals surface area contributed by atoms with Crippen LogP contribution >= 0.6 is 11.8 Å².